The number of aromatic hydroxyl groups is 1. The monoisotopic (exact) mass is 462 g/mol. The van der Waals surface area contributed by atoms with Gasteiger partial charge in [-0.2, -0.15) is 0 Å². The molecule has 2 aromatic carbocycles. The van der Waals surface area contributed by atoms with E-state index in [1.54, 1.807) is 25.1 Å². The molecule has 2 N–H and O–H groups in total. The minimum Gasteiger partial charge on any atom is -0.505 e. The van der Waals surface area contributed by atoms with Crippen molar-refractivity contribution in [1.29, 1.82) is 0 Å². The number of amides is 3. The summed E-state index contributed by atoms with van der Waals surface area (Å²) in [6.07, 6.45) is 0.674. The van der Waals surface area contributed by atoms with Gasteiger partial charge in [0.05, 0.1) is 6.54 Å². The van der Waals surface area contributed by atoms with Gasteiger partial charge in [0.25, 0.3) is 5.91 Å². The molecule has 2 aromatic rings. The second-order valence-corrected chi connectivity index (χ2v) is 8.20. The molecule has 1 aliphatic heterocycles. The molecule has 1 fully saturated rings. The van der Waals surface area contributed by atoms with E-state index < -0.39 is 29.0 Å². The number of imide groups is 1. The Morgan fingerprint density at radius 3 is 2.48 bits per heavy atom. The maximum absolute atomic E-state index is 13.5. The quantitative estimate of drug-likeness (QED) is 0.617. The summed E-state index contributed by atoms with van der Waals surface area (Å²) in [7, 11) is 0. The number of rotatable bonds is 7. The number of benzene rings is 2. The van der Waals surface area contributed by atoms with Gasteiger partial charge < -0.3 is 10.4 Å². The van der Waals surface area contributed by atoms with Crippen molar-refractivity contribution in [3.05, 3.63) is 63.9 Å². The molecule has 3 rings (SSSR count). The summed E-state index contributed by atoms with van der Waals surface area (Å²) in [4.78, 5) is 38.4. The van der Waals surface area contributed by atoms with Crippen molar-refractivity contribution >= 4 is 33.7 Å². The zero-order valence-electron chi connectivity index (χ0n) is 15.7. The number of aryl methyl sites for hydroxylation is 1. The molecule has 1 unspecified atom stereocenters. The fourth-order valence-electron chi connectivity index (χ4n) is 3.22. The SMILES string of the molecule is CC1(CCc2ccc(O)c(F)c2)NC(=O)N(CC(=O)Cc2ccc(Br)cc2)C1=O. The van der Waals surface area contributed by atoms with E-state index in [4.69, 9.17) is 0 Å². The van der Waals surface area contributed by atoms with Crippen LogP contribution < -0.4 is 5.32 Å². The van der Waals surface area contributed by atoms with Crippen LogP contribution in [-0.4, -0.2) is 39.8 Å². The van der Waals surface area contributed by atoms with Gasteiger partial charge in [-0.25, -0.2) is 9.18 Å². The molecule has 0 aromatic heterocycles. The molecule has 6 nitrogen and oxygen atoms in total. The van der Waals surface area contributed by atoms with Crippen LogP contribution in [0, 0.1) is 5.82 Å². The Kier molecular flexibility index (Phi) is 6.02. The number of hydrogen-bond acceptors (Lipinski definition) is 4. The number of nitrogens with zero attached hydrogens (tertiary/aromatic N) is 1. The third-order valence-electron chi connectivity index (χ3n) is 4.92. The zero-order valence-corrected chi connectivity index (χ0v) is 17.3. The first kappa shape index (κ1) is 21.0. The van der Waals surface area contributed by atoms with E-state index in [0.29, 0.717) is 12.0 Å². The number of halogens is 2. The highest BCUT2D eigenvalue weighted by molar-refractivity contribution is 9.10. The van der Waals surface area contributed by atoms with Crippen LogP contribution in [0.3, 0.4) is 0 Å². The molecule has 3 amide bonds. The molecule has 1 aliphatic rings. The van der Waals surface area contributed by atoms with E-state index in [0.717, 1.165) is 14.9 Å². The Labute approximate surface area is 175 Å². The molecule has 1 atom stereocenters. The fourth-order valence-corrected chi connectivity index (χ4v) is 3.49. The average molecular weight is 463 g/mol. The normalized spacial score (nSPS) is 18.8. The van der Waals surface area contributed by atoms with Crippen molar-refractivity contribution in [1.82, 2.24) is 10.2 Å². The molecule has 1 saturated heterocycles. The number of ketones is 1. The average Bonchev–Trinajstić information content (AvgIpc) is 2.88. The molecular formula is C21H20BrFN2O4. The Morgan fingerprint density at radius 1 is 1.17 bits per heavy atom. The molecule has 1 heterocycles. The number of carbonyl (C=O) groups excluding carboxylic acids is 3. The lowest BCUT2D eigenvalue weighted by molar-refractivity contribution is -0.134. The number of phenols is 1. The Hall–Kier alpha value is -2.74. The molecule has 0 aliphatic carbocycles. The Bertz CT molecular complexity index is 964. The van der Waals surface area contributed by atoms with Gasteiger partial charge >= 0.3 is 6.03 Å². The second kappa shape index (κ2) is 8.32. The van der Waals surface area contributed by atoms with Crippen LogP contribution in [0.5, 0.6) is 5.75 Å². The number of nitrogens with one attached hydrogen (secondary N) is 1. The Morgan fingerprint density at radius 2 is 1.83 bits per heavy atom. The third-order valence-corrected chi connectivity index (χ3v) is 5.45. The summed E-state index contributed by atoms with van der Waals surface area (Å²) < 4.78 is 14.4. The summed E-state index contributed by atoms with van der Waals surface area (Å²) in [6.45, 7) is 1.29. The highest BCUT2D eigenvalue weighted by Gasteiger charge is 2.47. The van der Waals surface area contributed by atoms with Crippen molar-refractivity contribution in [2.45, 2.75) is 31.7 Å². The third kappa shape index (κ3) is 4.82. The summed E-state index contributed by atoms with van der Waals surface area (Å²) >= 11 is 3.33. The van der Waals surface area contributed by atoms with Crippen LogP contribution in [0.2, 0.25) is 0 Å². The van der Waals surface area contributed by atoms with Crippen molar-refractivity contribution in [3.63, 3.8) is 0 Å². The maximum atomic E-state index is 13.5. The molecule has 0 bridgehead atoms. The van der Waals surface area contributed by atoms with Gasteiger partial charge in [-0.15, -0.1) is 0 Å². The number of Topliss-reactive ketones (excluding diaryl/α,β-unsaturated/α-hetero) is 1. The van der Waals surface area contributed by atoms with Gasteiger partial charge in [0.15, 0.2) is 17.3 Å². The standard InChI is InChI=1S/C21H20BrFN2O4/c1-21(9-8-14-4-7-18(27)17(23)11-14)19(28)25(20(29)24-21)12-16(26)10-13-2-5-15(22)6-3-13/h2-7,11,27H,8-10,12H2,1H3,(H,24,29). The highest BCUT2D eigenvalue weighted by Crippen LogP contribution is 2.25. The number of phenolic OH excluding ortho intramolecular Hbond substituents is 1. The lowest BCUT2D eigenvalue weighted by atomic mass is 9.93. The molecule has 0 saturated carbocycles. The topological polar surface area (TPSA) is 86.7 Å². The van der Waals surface area contributed by atoms with Crippen LogP contribution >= 0.6 is 15.9 Å². The summed E-state index contributed by atoms with van der Waals surface area (Å²) in [5.41, 5.74) is 0.208. The van der Waals surface area contributed by atoms with Crippen LogP contribution in [-0.2, 0) is 22.4 Å². The van der Waals surface area contributed by atoms with Gasteiger partial charge in [0, 0.05) is 10.9 Å². The summed E-state index contributed by atoms with van der Waals surface area (Å²) in [6, 6.07) is 10.6. The van der Waals surface area contributed by atoms with E-state index in [9.17, 15) is 23.9 Å². The van der Waals surface area contributed by atoms with Gasteiger partial charge in [0.2, 0.25) is 0 Å². The molecule has 0 spiro atoms. The van der Waals surface area contributed by atoms with E-state index in [-0.39, 0.29) is 25.2 Å². The largest absolute Gasteiger partial charge is 0.505 e. The number of hydrogen-bond donors (Lipinski definition) is 2. The molecule has 8 heteroatoms. The van der Waals surface area contributed by atoms with E-state index >= 15 is 0 Å². The van der Waals surface area contributed by atoms with E-state index in [1.807, 2.05) is 12.1 Å². The highest BCUT2D eigenvalue weighted by atomic mass is 79.9. The zero-order chi connectivity index (χ0) is 21.2. The summed E-state index contributed by atoms with van der Waals surface area (Å²) in [5, 5.41) is 11.9. The van der Waals surface area contributed by atoms with Gasteiger partial charge in [0.1, 0.15) is 5.54 Å². The van der Waals surface area contributed by atoms with Crippen LogP contribution in [0.1, 0.15) is 24.5 Å². The number of carbonyl (C=O) groups is 3. The van der Waals surface area contributed by atoms with Crippen molar-refractivity contribution < 1.29 is 23.9 Å². The molecule has 0 radical (unpaired) electrons. The predicted molar refractivity (Wildman–Crippen MR) is 108 cm³/mol. The van der Waals surface area contributed by atoms with Crippen molar-refractivity contribution in [3.8, 4) is 5.75 Å². The first-order valence-corrected chi connectivity index (χ1v) is 9.85. The molecular weight excluding hydrogens is 443 g/mol. The smallest absolute Gasteiger partial charge is 0.325 e. The Balaban J connectivity index is 1.62. The first-order chi connectivity index (χ1) is 13.7. The van der Waals surface area contributed by atoms with Gasteiger partial charge in [-0.3, -0.25) is 14.5 Å². The van der Waals surface area contributed by atoms with Gasteiger partial charge in [-0.1, -0.05) is 34.1 Å². The van der Waals surface area contributed by atoms with E-state index in [2.05, 4.69) is 21.2 Å². The molecule has 29 heavy (non-hydrogen) atoms. The van der Waals surface area contributed by atoms with Crippen molar-refractivity contribution in [2.24, 2.45) is 0 Å². The lowest BCUT2D eigenvalue weighted by Crippen LogP contribution is -2.44. The minimum absolute atomic E-state index is 0.119. The van der Waals surface area contributed by atoms with Gasteiger partial charge in [-0.05, 0) is 55.2 Å². The fraction of sp³-hybridized carbons (Fsp3) is 0.286. The predicted octanol–water partition coefficient (Wildman–Crippen LogP) is 3.35. The lowest BCUT2D eigenvalue weighted by Gasteiger charge is -2.21. The van der Waals surface area contributed by atoms with Crippen LogP contribution in [0.15, 0.2) is 46.9 Å². The summed E-state index contributed by atoms with van der Waals surface area (Å²) in [5.74, 6) is -1.91. The van der Waals surface area contributed by atoms with E-state index in [1.165, 1.54) is 12.1 Å². The first-order valence-electron chi connectivity index (χ1n) is 9.05. The minimum atomic E-state index is -1.18. The number of urea groups is 1. The van der Waals surface area contributed by atoms with Crippen LogP contribution in [0.25, 0.3) is 0 Å². The van der Waals surface area contributed by atoms with Crippen molar-refractivity contribution in [2.75, 3.05) is 6.54 Å². The van der Waals surface area contributed by atoms with Crippen LogP contribution in [0.4, 0.5) is 9.18 Å². The maximum Gasteiger partial charge on any atom is 0.325 e. The second-order valence-electron chi connectivity index (χ2n) is 7.28. The molecule has 152 valence electrons.